The van der Waals surface area contributed by atoms with Crippen molar-refractivity contribution in [1.29, 1.82) is 0 Å². The van der Waals surface area contributed by atoms with Crippen molar-refractivity contribution in [3.63, 3.8) is 0 Å². The molecule has 19 heavy (non-hydrogen) atoms. The second-order valence-electron chi connectivity index (χ2n) is 5.46. The molecule has 1 heterocycles. The van der Waals surface area contributed by atoms with Crippen molar-refractivity contribution < 1.29 is 4.74 Å². The zero-order valence-corrected chi connectivity index (χ0v) is 12.3. The molecule has 1 aliphatic carbocycles. The molecule has 1 unspecified atom stereocenters. The second kappa shape index (κ2) is 6.39. The Kier molecular flexibility index (Phi) is 4.82. The monoisotopic (exact) mass is 266 g/mol. The summed E-state index contributed by atoms with van der Waals surface area (Å²) in [7, 11) is 3.58. The highest BCUT2D eigenvalue weighted by Gasteiger charge is 2.23. The minimum Gasteiger partial charge on any atom is -0.481 e. The van der Waals surface area contributed by atoms with E-state index in [-0.39, 0.29) is 6.04 Å². The first-order valence-electron chi connectivity index (χ1n) is 7.18. The number of nitrogens with zero attached hydrogens (tertiary/aromatic N) is 2. The smallest absolute Gasteiger partial charge is 0.216 e. The molecule has 0 bridgehead atoms. The van der Waals surface area contributed by atoms with Gasteiger partial charge < -0.3 is 15.8 Å². The lowest BCUT2D eigenvalue weighted by molar-refractivity contribution is 0.287. The van der Waals surface area contributed by atoms with E-state index >= 15 is 0 Å². The Balaban J connectivity index is 1.99. The summed E-state index contributed by atoms with van der Waals surface area (Å²) in [6.45, 7) is 3.59. The van der Waals surface area contributed by atoms with E-state index < -0.39 is 0 Å². The predicted octanol–water partition coefficient (Wildman–Crippen LogP) is 1.52. The fourth-order valence-electron chi connectivity index (χ4n) is 2.84. The maximum Gasteiger partial charge on any atom is 0.216 e. The van der Waals surface area contributed by atoms with Gasteiger partial charge in [0.1, 0.15) is 0 Å². The predicted molar refractivity (Wildman–Crippen MR) is 76.3 cm³/mol. The Hall–Kier alpha value is -1.07. The third-order valence-electron chi connectivity index (χ3n) is 4.16. The van der Waals surface area contributed by atoms with E-state index in [1.54, 1.807) is 11.8 Å². The van der Waals surface area contributed by atoms with Crippen molar-refractivity contribution in [2.24, 2.45) is 18.7 Å². The van der Waals surface area contributed by atoms with E-state index in [9.17, 15) is 0 Å². The highest BCUT2D eigenvalue weighted by atomic mass is 16.5. The van der Waals surface area contributed by atoms with Crippen molar-refractivity contribution in [2.45, 2.75) is 38.6 Å². The number of nitrogens with two attached hydrogens (primary N) is 1. The molecule has 1 fully saturated rings. The highest BCUT2D eigenvalue weighted by Crippen LogP contribution is 2.30. The van der Waals surface area contributed by atoms with E-state index in [1.807, 2.05) is 14.0 Å². The van der Waals surface area contributed by atoms with Crippen molar-refractivity contribution >= 4 is 0 Å². The number of methoxy groups -OCH3 is 1. The lowest BCUT2D eigenvalue weighted by Gasteiger charge is -2.26. The van der Waals surface area contributed by atoms with Crippen LogP contribution in [0.15, 0.2) is 0 Å². The van der Waals surface area contributed by atoms with Crippen LogP contribution in [0, 0.1) is 12.8 Å². The molecular formula is C14H26N4O. The average molecular weight is 266 g/mol. The molecule has 5 heteroatoms. The molecule has 1 saturated carbocycles. The zero-order chi connectivity index (χ0) is 13.8. The topological polar surface area (TPSA) is 65.1 Å². The molecule has 0 spiro atoms. The minimum absolute atomic E-state index is 0.128. The molecule has 1 aromatic rings. The van der Waals surface area contributed by atoms with E-state index in [1.165, 1.54) is 25.7 Å². The van der Waals surface area contributed by atoms with Gasteiger partial charge in [-0.05, 0) is 25.8 Å². The fraction of sp³-hybridized carbons (Fsp3) is 0.786. The summed E-state index contributed by atoms with van der Waals surface area (Å²) in [5.41, 5.74) is 8.00. The number of nitrogens with one attached hydrogen (secondary N) is 1. The molecule has 108 valence electrons. The van der Waals surface area contributed by atoms with E-state index in [2.05, 4.69) is 10.4 Å². The molecule has 0 aromatic carbocycles. The van der Waals surface area contributed by atoms with Gasteiger partial charge in [-0.1, -0.05) is 19.3 Å². The Morgan fingerprint density at radius 1 is 1.53 bits per heavy atom. The normalized spacial score (nSPS) is 17.3. The molecular weight excluding hydrogens is 240 g/mol. The molecule has 1 atom stereocenters. The first kappa shape index (κ1) is 14.3. The van der Waals surface area contributed by atoms with E-state index in [4.69, 9.17) is 10.5 Å². The quantitative estimate of drug-likeness (QED) is 0.785. The molecule has 3 N–H and O–H groups in total. The van der Waals surface area contributed by atoms with Crippen LogP contribution in [0.5, 0.6) is 5.88 Å². The number of rotatable bonds is 7. The van der Waals surface area contributed by atoms with E-state index in [0.717, 1.165) is 29.6 Å². The van der Waals surface area contributed by atoms with Gasteiger partial charge in [-0.25, -0.2) is 4.68 Å². The van der Waals surface area contributed by atoms with Crippen LogP contribution < -0.4 is 15.8 Å². The summed E-state index contributed by atoms with van der Waals surface area (Å²) in [5.74, 6) is 1.73. The minimum atomic E-state index is 0.128. The highest BCUT2D eigenvalue weighted by molar-refractivity contribution is 5.34. The van der Waals surface area contributed by atoms with Gasteiger partial charge in [-0.15, -0.1) is 0 Å². The Labute approximate surface area is 115 Å². The maximum absolute atomic E-state index is 5.91. The molecule has 1 aliphatic rings. The standard InChI is InChI=1S/C14H26N4O/c1-10-13(14(19-3)18(2)17-10)12(9-15)16-8-7-11-5-4-6-11/h11-12,16H,4-9,15H2,1-3H3. The largest absolute Gasteiger partial charge is 0.481 e. The van der Waals surface area contributed by atoms with Gasteiger partial charge in [-0.3, -0.25) is 0 Å². The maximum atomic E-state index is 5.91. The molecule has 0 radical (unpaired) electrons. The van der Waals surface area contributed by atoms with Crippen LogP contribution in [0.25, 0.3) is 0 Å². The van der Waals surface area contributed by atoms with Gasteiger partial charge in [0.05, 0.1) is 24.4 Å². The molecule has 0 aliphatic heterocycles. The second-order valence-corrected chi connectivity index (χ2v) is 5.46. The summed E-state index contributed by atoms with van der Waals surface area (Å²) in [5, 5.41) is 7.97. The lowest BCUT2D eigenvalue weighted by atomic mass is 9.83. The van der Waals surface area contributed by atoms with Crippen molar-refractivity contribution in [1.82, 2.24) is 15.1 Å². The third kappa shape index (κ3) is 3.09. The molecule has 0 amide bonds. The average Bonchev–Trinajstić information content (AvgIpc) is 2.62. The first-order valence-corrected chi connectivity index (χ1v) is 7.18. The summed E-state index contributed by atoms with van der Waals surface area (Å²) in [6, 6.07) is 0.128. The zero-order valence-electron chi connectivity index (χ0n) is 12.3. The third-order valence-corrected chi connectivity index (χ3v) is 4.16. The molecule has 2 rings (SSSR count). The number of ether oxygens (including phenoxy) is 1. The van der Waals surface area contributed by atoms with E-state index in [0.29, 0.717) is 6.54 Å². The number of aryl methyl sites for hydroxylation is 2. The van der Waals surface area contributed by atoms with Crippen LogP contribution in [0.1, 0.15) is 43.0 Å². The Bertz CT molecular complexity index is 412. The van der Waals surface area contributed by atoms with Gasteiger partial charge in [-0.2, -0.15) is 5.10 Å². The van der Waals surface area contributed by atoms with Crippen LogP contribution in [-0.2, 0) is 7.05 Å². The number of hydrogen-bond donors (Lipinski definition) is 2. The van der Waals surface area contributed by atoms with Gasteiger partial charge in [0.15, 0.2) is 0 Å². The van der Waals surface area contributed by atoms with Crippen LogP contribution >= 0.6 is 0 Å². The SMILES string of the molecule is COc1c(C(CN)NCCC2CCC2)c(C)nn1C. The number of hydrogen-bond acceptors (Lipinski definition) is 4. The van der Waals surface area contributed by atoms with Gasteiger partial charge in [0, 0.05) is 13.6 Å². The van der Waals surface area contributed by atoms with Gasteiger partial charge >= 0.3 is 0 Å². The van der Waals surface area contributed by atoms with Crippen LogP contribution in [0.2, 0.25) is 0 Å². The van der Waals surface area contributed by atoms with Gasteiger partial charge in [0.25, 0.3) is 0 Å². The summed E-state index contributed by atoms with van der Waals surface area (Å²) in [4.78, 5) is 0. The van der Waals surface area contributed by atoms with Crippen molar-refractivity contribution in [3.8, 4) is 5.88 Å². The summed E-state index contributed by atoms with van der Waals surface area (Å²) >= 11 is 0. The van der Waals surface area contributed by atoms with Crippen LogP contribution in [-0.4, -0.2) is 30.0 Å². The fourth-order valence-corrected chi connectivity index (χ4v) is 2.84. The summed E-state index contributed by atoms with van der Waals surface area (Å²) in [6.07, 6.45) is 5.44. The Morgan fingerprint density at radius 2 is 2.26 bits per heavy atom. The van der Waals surface area contributed by atoms with Gasteiger partial charge in [0.2, 0.25) is 5.88 Å². The number of aromatic nitrogens is 2. The molecule has 5 nitrogen and oxygen atoms in total. The summed E-state index contributed by atoms with van der Waals surface area (Å²) < 4.78 is 7.22. The van der Waals surface area contributed by atoms with Crippen molar-refractivity contribution in [2.75, 3.05) is 20.2 Å². The Morgan fingerprint density at radius 3 is 2.79 bits per heavy atom. The van der Waals surface area contributed by atoms with Crippen LogP contribution in [0.3, 0.4) is 0 Å². The first-order chi connectivity index (χ1) is 9.17. The molecule has 0 saturated heterocycles. The molecule has 1 aromatic heterocycles. The lowest BCUT2D eigenvalue weighted by Crippen LogP contribution is -2.31. The van der Waals surface area contributed by atoms with Crippen molar-refractivity contribution in [3.05, 3.63) is 11.3 Å². The van der Waals surface area contributed by atoms with Crippen LogP contribution in [0.4, 0.5) is 0 Å².